The Kier molecular flexibility index (Phi) is 7.48. The Morgan fingerprint density at radius 3 is 2.71 bits per heavy atom. The molecule has 0 aromatic rings. The van der Waals surface area contributed by atoms with E-state index >= 15 is 0 Å². The van der Waals surface area contributed by atoms with Gasteiger partial charge in [0.2, 0.25) is 0 Å². The normalized spacial score (nSPS) is 35.6. The summed E-state index contributed by atoms with van der Waals surface area (Å²) in [5.41, 5.74) is 0. The zero-order chi connectivity index (χ0) is 15.1. The van der Waals surface area contributed by atoms with E-state index in [1.807, 2.05) is 7.11 Å². The van der Waals surface area contributed by atoms with Gasteiger partial charge in [0.1, 0.15) is 0 Å². The molecule has 0 radical (unpaired) electrons. The van der Waals surface area contributed by atoms with Crippen molar-refractivity contribution in [1.29, 1.82) is 0 Å². The van der Waals surface area contributed by atoms with E-state index in [9.17, 15) is 0 Å². The SMILES string of the molecule is CCCNC1CCCCCC1CN1CCC(C)C(OC)C1. The molecule has 0 aromatic heterocycles. The standard InChI is InChI=1S/C18H36N2O/c1-4-11-19-17-9-7-5-6-8-16(17)13-20-12-10-15(2)18(14-20)21-3/h15-19H,4-14H2,1-3H3. The van der Waals surface area contributed by atoms with Gasteiger partial charge in [-0.2, -0.15) is 0 Å². The molecule has 2 fully saturated rings. The average Bonchev–Trinajstić information content (AvgIpc) is 2.72. The summed E-state index contributed by atoms with van der Waals surface area (Å²) in [6, 6.07) is 0.743. The van der Waals surface area contributed by atoms with Crippen LogP contribution in [-0.2, 0) is 4.74 Å². The smallest absolute Gasteiger partial charge is 0.0724 e. The molecule has 0 aromatic carbocycles. The van der Waals surface area contributed by atoms with Gasteiger partial charge in [0.05, 0.1) is 6.10 Å². The molecule has 1 aliphatic carbocycles. The first-order valence-electron chi connectivity index (χ1n) is 9.23. The van der Waals surface area contributed by atoms with Gasteiger partial charge < -0.3 is 15.0 Å². The first-order chi connectivity index (χ1) is 10.2. The maximum atomic E-state index is 5.68. The van der Waals surface area contributed by atoms with Crippen molar-refractivity contribution in [1.82, 2.24) is 10.2 Å². The van der Waals surface area contributed by atoms with Gasteiger partial charge in [-0.15, -0.1) is 0 Å². The van der Waals surface area contributed by atoms with Gasteiger partial charge in [0, 0.05) is 26.2 Å². The fraction of sp³-hybridized carbons (Fsp3) is 1.00. The molecule has 1 saturated carbocycles. The highest BCUT2D eigenvalue weighted by molar-refractivity contribution is 4.85. The summed E-state index contributed by atoms with van der Waals surface area (Å²) in [5.74, 6) is 1.55. The van der Waals surface area contributed by atoms with Gasteiger partial charge in [-0.25, -0.2) is 0 Å². The third-order valence-electron chi connectivity index (χ3n) is 5.58. The van der Waals surface area contributed by atoms with Crippen LogP contribution in [-0.4, -0.2) is 50.3 Å². The summed E-state index contributed by atoms with van der Waals surface area (Å²) >= 11 is 0. The maximum Gasteiger partial charge on any atom is 0.0724 e. The summed E-state index contributed by atoms with van der Waals surface area (Å²) in [7, 11) is 1.88. The minimum absolute atomic E-state index is 0.437. The number of rotatable bonds is 6. The molecule has 1 aliphatic heterocycles. The van der Waals surface area contributed by atoms with Crippen LogP contribution < -0.4 is 5.32 Å². The molecule has 1 heterocycles. The highest BCUT2D eigenvalue weighted by atomic mass is 16.5. The van der Waals surface area contributed by atoms with Gasteiger partial charge in [0.25, 0.3) is 0 Å². The van der Waals surface area contributed by atoms with Crippen LogP contribution in [0, 0.1) is 11.8 Å². The number of nitrogens with zero attached hydrogens (tertiary/aromatic N) is 1. The second kappa shape index (κ2) is 9.12. The molecule has 1 saturated heterocycles. The van der Waals surface area contributed by atoms with E-state index in [1.165, 1.54) is 64.6 Å². The zero-order valence-electron chi connectivity index (χ0n) is 14.4. The van der Waals surface area contributed by atoms with Gasteiger partial charge >= 0.3 is 0 Å². The predicted molar refractivity (Wildman–Crippen MR) is 89.7 cm³/mol. The molecule has 3 nitrogen and oxygen atoms in total. The molecule has 4 atom stereocenters. The van der Waals surface area contributed by atoms with Crippen molar-refractivity contribution in [3.63, 3.8) is 0 Å². The van der Waals surface area contributed by atoms with E-state index in [2.05, 4.69) is 24.1 Å². The van der Waals surface area contributed by atoms with Crippen LogP contribution >= 0.6 is 0 Å². The molecule has 0 bridgehead atoms. The molecular formula is C18H36N2O. The Morgan fingerprint density at radius 1 is 1.14 bits per heavy atom. The molecule has 124 valence electrons. The molecule has 0 amide bonds. The van der Waals surface area contributed by atoms with E-state index in [1.54, 1.807) is 0 Å². The minimum Gasteiger partial charge on any atom is -0.380 e. The fourth-order valence-corrected chi connectivity index (χ4v) is 4.10. The number of ether oxygens (including phenoxy) is 1. The first kappa shape index (κ1) is 17.2. The Hall–Kier alpha value is -0.120. The molecule has 21 heavy (non-hydrogen) atoms. The molecule has 3 heteroatoms. The second-order valence-corrected chi connectivity index (χ2v) is 7.26. The Balaban J connectivity index is 1.88. The van der Waals surface area contributed by atoms with Gasteiger partial charge in [-0.1, -0.05) is 33.1 Å². The van der Waals surface area contributed by atoms with E-state index in [0.717, 1.165) is 24.4 Å². The quantitative estimate of drug-likeness (QED) is 0.761. The summed E-state index contributed by atoms with van der Waals surface area (Å²) in [4.78, 5) is 2.67. The summed E-state index contributed by atoms with van der Waals surface area (Å²) in [6.07, 6.45) is 10.0. The highest BCUT2D eigenvalue weighted by Gasteiger charge is 2.30. The molecule has 4 unspecified atom stereocenters. The lowest BCUT2D eigenvalue weighted by molar-refractivity contribution is -0.0112. The number of nitrogens with one attached hydrogen (secondary N) is 1. The van der Waals surface area contributed by atoms with E-state index < -0.39 is 0 Å². The van der Waals surface area contributed by atoms with Gasteiger partial charge in [-0.05, 0) is 50.6 Å². The molecule has 2 rings (SSSR count). The third kappa shape index (κ3) is 5.22. The number of hydrogen-bond acceptors (Lipinski definition) is 3. The maximum absolute atomic E-state index is 5.68. The number of methoxy groups -OCH3 is 1. The van der Waals surface area contributed by atoms with Crippen molar-refractivity contribution in [2.45, 2.75) is 70.9 Å². The molecule has 0 spiro atoms. The lowest BCUT2D eigenvalue weighted by atomic mass is 9.91. The topological polar surface area (TPSA) is 24.5 Å². The lowest BCUT2D eigenvalue weighted by Crippen LogP contribution is -2.48. The van der Waals surface area contributed by atoms with Crippen LogP contribution in [0.5, 0.6) is 0 Å². The minimum atomic E-state index is 0.437. The Labute approximate surface area is 131 Å². The van der Waals surface area contributed by atoms with Crippen molar-refractivity contribution in [3.05, 3.63) is 0 Å². The summed E-state index contributed by atoms with van der Waals surface area (Å²) in [5, 5.41) is 3.83. The van der Waals surface area contributed by atoms with Crippen LogP contribution in [0.15, 0.2) is 0 Å². The molecule has 1 N–H and O–H groups in total. The number of hydrogen-bond donors (Lipinski definition) is 1. The van der Waals surface area contributed by atoms with Crippen LogP contribution in [0.3, 0.4) is 0 Å². The van der Waals surface area contributed by atoms with Gasteiger partial charge in [-0.3, -0.25) is 0 Å². The fourth-order valence-electron chi connectivity index (χ4n) is 4.10. The van der Waals surface area contributed by atoms with Crippen molar-refractivity contribution in [3.8, 4) is 0 Å². The number of likely N-dealkylation sites (tertiary alicyclic amines) is 1. The van der Waals surface area contributed by atoms with Crippen LogP contribution in [0.4, 0.5) is 0 Å². The van der Waals surface area contributed by atoms with Gasteiger partial charge in [0.15, 0.2) is 0 Å². The monoisotopic (exact) mass is 296 g/mol. The van der Waals surface area contributed by atoms with Crippen LogP contribution in [0.1, 0.15) is 58.8 Å². The van der Waals surface area contributed by atoms with E-state index in [0.29, 0.717) is 6.10 Å². The van der Waals surface area contributed by atoms with E-state index in [4.69, 9.17) is 4.74 Å². The van der Waals surface area contributed by atoms with Crippen molar-refractivity contribution >= 4 is 0 Å². The Morgan fingerprint density at radius 2 is 1.95 bits per heavy atom. The molecular weight excluding hydrogens is 260 g/mol. The first-order valence-corrected chi connectivity index (χ1v) is 9.23. The summed E-state index contributed by atoms with van der Waals surface area (Å²) in [6.45, 7) is 9.45. The second-order valence-electron chi connectivity index (χ2n) is 7.26. The zero-order valence-corrected chi connectivity index (χ0v) is 14.4. The van der Waals surface area contributed by atoms with Crippen LogP contribution in [0.25, 0.3) is 0 Å². The molecule has 2 aliphatic rings. The third-order valence-corrected chi connectivity index (χ3v) is 5.58. The predicted octanol–water partition coefficient (Wildman–Crippen LogP) is 3.29. The van der Waals surface area contributed by atoms with E-state index in [-0.39, 0.29) is 0 Å². The largest absolute Gasteiger partial charge is 0.380 e. The number of piperidine rings is 1. The van der Waals surface area contributed by atoms with Crippen molar-refractivity contribution in [2.24, 2.45) is 11.8 Å². The van der Waals surface area contributed by atoms with Crippen molar-refractivity contribution in [2.75, 3.05) is 33.3 Å². The Bertz CT molecular complexity index is 284. The average molecular weight is 296 g/mol. The summed E-state index contributed by atoms with van der Waals surface area (Å²) < 4.78 is 5.68. The van der Waals surface area contributed by atoms with Crippen LogP contribution in [0.2, 0.25) is 0 Å². The lowest BCUT2D eigenvalue weighted by Gasteiger charge is -2.39. The van der Waals surface area contributed by atoms with Crippen molar-refractivity contribution < 1.29 is 4.74 Å². The highest BCUT2D eigenvalue weighted by Crippen LogP contribution is 2.27.